The summed E-state index contributed by atoms with van der Waals surface area (Å²) in [5, 5.41) is 3.42. The highest BCUT2D eigenvalue weighted by Gasteiger charge is 2.33. The molecule has 1 saturated carbocycles. The van der Waals surface area contributed by atoms with Crippen LogP contribution >= 0.6 is 0 Å². The molecule has 0 unspecified atom stereocenters. The third kappa shape index (κ3) is 5.54. The van der Waals surface area contributed by atoms with Gasteiger partial charge in [-0.15, -0.1) is 0 Å². The van der Waals surface area contributed by atoms with Gasteiger partial charge in [0.15, 0.2) is 0 Å². The number of carbonyl (C=O) groups is 2. The third-order valence-corrected chi connectivity index (χ3v) is 8.69. The van der Waals surface area contributed by atoms with E-state index in [0.717, 1.165) is 71.4 Å². The Labute approximate surface area is 237 Å². The Hall–Kier alpha value is -3.90. The predicted molar refractivity (Wildman–Crippen MR) is 161 cm³/mol. The number of nitrogens with one attached hydrogen (secondary N) is 1. The number of allylic oxidation sites excluding steroid dienone is 1. The maximum Gasteiger partial charge on any atom is 0.250 e. The van der Waals surface area contributed by atoms with Gasteiger partial charge in [-0.25, -0.2) is 0 Å². The molecule has 0 spiro atoms. The molecule has 0 heterocycles. The Morgan fingerprint density at radius 2 is 1.70 bits per heavy atom. The molecule has 40 heavy (non-hydrogen) atoms. The number of benzene rings is 3. The fraction of sp³-hybridized carbons (Fsp3) is 0.353. The summed E-state index contributed by atoms with van der Waals surface area (Å²) in [4.78, 5) is 29.2. The minimum atomic E-state index is 0.135. The van der Waals surface area contributed by atoms with Crippen LogP contribution in [0.5, 0.6) is 5.75 Å². The van der Waals surface area contributed by atoms with E-state index in [9.17, 15) is 9.59 Å². The molecule has 5 rings (SSSR count). The monoisotopic (exact) mass is 537 g/mol. The van der Waals surface area contributed by atoms with Gasteiger partial charge in [-0.3, -0.25) is 9.59 Å². The molecule has 3 aromatic carbocycles. The van der Waals surface area contributed by atoms with E-state index in [2.05, 4.69) is 41.4 Å². The van der Waals surface area contributed by atoms with Crippen LogP contribution in [0.15, 0.2) is 72.3 Å². The zero-order valence-corrected chi connectivity index (χ0v) is 23.9. The van der Waals surface area contributed by atoms with Crippen LogP contribution in [0.1, 0.15) is 49.3 Å². The molecule has 2 aliphatic carbocycles. The maximum atomic E-state index is 14.3. The van der Waals surface area contributed by atoms with Gasteiger partial charge in [0.05, 0.1) is 7.11 Å². The molecule has 6 heteroatoms. The van der Waals surface area contributed by atoms with Crippen LogP contribution in [0.4, 0.5) is 5.69 Å². The molecule has 0 saturated heterocycles. The Morgan fingerprint density at radius 3 is 2.35 bits per heavy atom. The minimum Gasteiger partial charge on any atom is -0.496 e. The molecule has 0 atom stereocenters. The Bertz CT molecular complexity index is 1400. The number of fused-ring (bicyclic) bond motifs is 1. The first-order chi connectivity index (χ1) is 19.4. The Morgan fingerprint density at radius 1 is 1.00 bits per heavy atom. The van der Waals surface area contributed by atoms with E-state index in [1.54, 1.807) is 19.1 Å². The van der Waals surface area contributed by atoms with Gasteiger partial charge >= 0.3 is 0 Å². The number of hydrogen-bond donors (Lipinski definition) is 1. The van der Waals surface area contributed by atoms with Crippen molar-refractivity contribution in [2.24, 2.45) is 0 Å². The van der Waals surface area contributed by atoms with Gasteiger partial charge in [0.25, 0.3) is 5.91 Å². The van der Waals surface area contributed by atoms with Gasteiger partial charge in [0.1, 0.15) is 5.75 Å². The first kappa shape index (κ1) is 27.7. The molecule has 208 valence electrons. The molecule has 0 radical (unpaired) electrons. The van der Waals surface area contributed by atoms with Crippen LogP contribution in [0.3, 0.4) is 0 Å². The molecule has 3 aromatic rings. The van der Waals surface area contributed by atoms with Crippen molar-refractivity contribution >= 4 is 23.6 Å². The van der Waals surface area contributed by atoms with Crippen LogP contribution in [0.25, 0.3) is 16.7 Å². The molecule has 0 aliphatic heterocycles. The number of hydrogen-bond acceptors (Lipinski definition) is 4. The van der Waals surface area contributed by atoms with Crippen LogP contribution in [-0.4, -0.2) is 50.5 Å². The lowest BCUT2D eigenvalue weighted by Gasteiger charge is -2.37. The summed E-state index contributed by atoms with van der Waals surface area (Å²) in [6, 6.07) is 23.1. The fourth-order valence-corrected chi connectivity index (χ4v) is 6.19. The van der Waals surface area contributed by atoms with Crippen LogP contribution in [0.2, 0.25) is 0 Å². The summed E-state index contributed by atoms with van der Waals surface area (Å²) in [5.74, 6) is 0.915. The lowest BCUT2D eigenvalue weighted by atomic mass is 9.89. The van der Waals surface area contributed by atoms with Gasteiger partial charge in [0, 0.05) is 48.9 Å². The molecule has 2 aliphatic rings. The second kappa shape index (κ2) is 12.1. The van der Waals surface area contributed by atoms with Crippen molar-refractivity contribution in [2.45, 2.75) is 57.7 Å². The highest BCUT2D eigenvalue weighted by atomic mass is 16.5. The van der Waals surface area contributed by atoms with Crippen LogP contribution in [-0.2, 0) is 22.6 Å². The first-order valence-corrected chi connectivity index (χ1v) is 14.1. The zero-order chi connectivity index (χ0) is 28.2. The summed E-state index contributed by atoms with van der Waals surface area (Å²) in [6.45, 7) is 2.58. The van der Waals surface area contributed by atoms with E-state index >= 15 is 0 Å². The average Bonchev–Trinajstić information content (AvgIpc) is 3.35. The summed E-state index contributed by atoms with van der Waals surface area (Å²) in [6.07, 6.45) is 5.55. The summed E-state index contributed by atoms with van der Waals surface area (Å²) >= 11 is 0. The van der Waals surface area contributed by atoms with Crippen molar-refractivity contribution in [3.05, 3.63) is 89.0 Å². The summed E-state index contributed by atoms with van der Waals surface area (Å²) in [5.41, 5.74) is 8.33. The quantitative estimate of drug-likeness (QED) is 0.348. The third-order valence-electron chi connectivity index (χ3n) is 8.69. The van der Waals surface area contributed by atoms with Gasteiger partial charge in [0.2, 0.25) is 6.41 Å². The van der Waals surface area contributed by atoms with E-state index in [1.807, 2.05) is 49.5 Å². The molecule has 0 aromatic heterocycles. The second-order valence-corrected chi connectivity index (χ2v) is 11.0. The Balaban J connectivity index is 1.48. The summed E-state index contributed by atoms with van der Waals surface area (Å²) in [7, 11) is 5.45. The molecule has 1 fully saturated rings. The van der Waals surface area contributed by atoms with E-state index in [-0.39, 0.29) is 11.9 Å². The smallest absolute Gasteiger partial charge is 0.250 e. The van der Waals surface area contributed by atoms with Crippen LogP contribution < -0.4 is 15.0 Å². The Kier molecular flexibility index (Phi) is 8.36. The minimum absolute atomic E-state index is 0.135. The molecular formula is C34H39N3O3. The lowest BCUT2D eigenvalue weighted by Crippen LogP contribution is -2.45. The largest absolute Gasteiger partial charge is 0.496 e. The van der Waals surface area contributed by atoms with E-state index in [0.29, 0.717) is 19.0 Å². The number of amides is 2. The highest BCUT2D eigenvalue weighted by molar-refractivity contribution is 6.04. The van der Waals surface area contributed by atoms with Gasteiger partial charge in [-0.05, 0) is 91.7 Å². The molecule has 6 nitrogen and oxygen atoms in total. The SMILES string of the molecule is CNC1CCC(N(Cc2cc(-c3ccc(N(C)C=O)cc3)ccc2OC)C(=O)C2=C(C)c3ccccc3C2)CC1. The van der Waals surface area contributed by atoms with Gasteiger partial charge in [-0.2, -0.15) is 0 Å². The highest BCUT2D eigenvalue weighted by Crippen LogP contribution is 2.36. The van der Waals surface area contributed by atoms with E-state index in [4.69, 9.17) is 4.74 Å². The first-order valence-electron chi connectivity index (χ1n) is 14.1. The fourth-order valence-electron chi connectivity index (χ4n) is 6.19. The number of nitrogens with zero attached hydrogens (tertiary/aromatic N) is 2. The molecule has 1 N–H and O–H groups in total. The number of methoxy groups -OCH3 is 1. The van der Waals surface area contributed by atoms with Gasteiger partial charge < -0.3 is 19.9 Å². The second-order valence-electron chi connectivity index (χ2n) is 11.0. The van der Waals surface area contributed by atoms with Gasteiger partial charge in [-0.1, -0.05) is 42.5 Å². The maximum absolute atomic E-state index is 14.3. The topological polar surface area (TPSA) is 61.9 Å². The zero-order valence-electron chi connectivity index (χ0n) is 23.9. The normalized spacial score (nSPS) is 18.3. The van der Waals surface area contributed by atoms with E-state index < -0.39 is 0 Å². The number of ether oxygens (including phenoxy) is 1. The lowest BCUT2D eigenvalue weighted by molar-refractivity contribution is -0.131. The van der Waals surface area contributed by atoms with Crippen molar-refractivity contribution in [2.75, 3.05) is 26.1 Å². The average molecular weight is 538 g/mol. The molecular weight excluding hydrogens is 498 g/mol. The van der Waals surface area contributed by atoms with Crippen LogP contribution in [0, 0.1) is 0 Å². The molecule has 0 bridgehead atoms. The summed E-state index contributed by atoms with van der Waals surface area (Å²) < 4.78 is 5.80. The number of anilines is 1. The van der Waals surface area contributed by atoms with Crippen molar-refractivity contribution in [3.8, 4) is 16.9 Å². The van der Waals surface area contributed by atoms with Crippen molar-refractivity contribution < 1.29 is 14.3 Å². The van der Waals surface area contributed by atoms with Crippen molar-refractivity contribution in [3.63, 3.8) is 0 Å². The van der Waals surface area contributed by atoms with E-state index in [1.165, 1.54) is 11.1 Å². The number of carbonyl (C=O) groups excluding carboxylic acids is 2. The molecule has 2 amide bonds. The standard InChI is InChI=1S/C34H39N3O3/c1-23-31-8-6-5-7-26(31)20-32(23)34(39)37(30-16-12-28(35-2)13-17-30)21-27-19-25(11-18-33(27)40-4)24-9-14-29(15-10-24)36(3)22-38/h5-11,14-15,18-19,22,28,30,35H,12-13,16-17,20-21H2,1-4H3. The van der Waals surface area contributed by atoms with Crippen molar-refractivity contribution in [1.82, 2.24) is 10.2 Å². The number of rotatable bonds is 9. The predicted octanol–water partition coefficient (Wildman–Crippen LogP) is 5.84. The van der Waals surface area contributed by atoms with Crippen molar-refractivity contribution in [1.29, 1.82) is 0 Å².